The minimum Gasteiger partial charge on any atom is -0.416 e. The van der Waals surface area contributed by atoms with Crippen LogP contribution in [0, 0.1) is 5.92 Å². The molecule has 1 aromatic carbocycles. The van der Waals surface area contributed by atoms with Gasteiger partial charge in [-0.25, -0.2) is 8.42 Å². The molecule has 0 unspecified atom stereocenters. The minimum absolute atomic E-state index is 0.0352. The lowest BCUT2D eigenvalue weighted by atomic mass is 9.90. The van der Waals surface area contributed by atoms with Crippen molar-refractivity contribution in [2.75, 3.05) is 17.3 Å². The summed E-state index contributed by atoms with van der Waals surface area (Å²) in [6.07, 6.45) is 1.10. The van der Waals surface area contributed by atoms with Crippen LogP contribution in [0.3, 0.4) is 0 Å². The average molecular weight is 437 g/mol. The van der Waals surface area contributed by atoms with Crippen molar-refractivity contribution in [3.05, 3.63) is 40.8 Å². The number of sulfone groups is 1. The second kappa shape index (κ2) is 9.00. The van der Waals surface area contributed by atoms with E-state index in [4.69, 9.17) is 4.42 Å². The number of rotatable bonds is 8. The number of hydrogen-bond donors (Lipinski definition) is 0. The zero-order chi connectivity index (χ0) is 21.2. The topological polar surface area (TPSA) is 90.1 Å². The number of Topliss-reactive ketones (excluding diaryl/α,β-unsaturated/α-hetero) is 1. The highest BCUT2D eigenvalue weighted by atomic mass is 32.2. The van der Waals surface area contributed by atoms with E-state index in [1.807, 2.05) is 12.1 Å². The van der Waals surface area contributed by atoms with Crippen LogP contribution in [0.25, 0.3) is 0 Å². The highest BCUT2D eigenvalue weighted by molar-refractivity contribution is 7.99. The fourth-order valence-electron chi connectivity index (χ4n) is 3.54. The lowest BCUT2D eigenvalue weighted by Crippen LogP contribution is -2.09. The predicted octanol–water partition coefficient (Wildman–Crippen LogP) is 4.27. The molecule has 2 heterocycles. The van der Waals surface area contributed by atoms with Crippen LogP contribution in [-0.4, -0.2) is 41.7 Å². The first-order chi connectivity index (χ1) is 13.6. The van der Waals surface area contributed by atoms with Gasteiger partial charge in [0, 0.05) is 12.0 Å². The Morgan fingerprint density at radius 1 is 1.21 bits per heavy atom. The molecule has 6 nitrogen and oxygen atoms in total. The summed E-state index contributed by atoms with van der Waals surface area (Å²) in [6, 6.07) is 6.08. The monoisotopic (exact) mass is 436 g/mol. The molecule has 0 amide bonds. The zero-order valence-electron chi connectivity index (χ0n) is 17.3. The van der Waals surface area contributed by atoms with Crippen molar-refractivity contribution in [2.45, 2.75) is 57.6 Å². The predicted molar refractivity (Wildman–Crippen MR) is 114 cm³/mol. The first-order valence-corrected chi connectivity index (χ1v) is 12.8. The Morgan fingerprint density at radius 2 is 1.97 bits per heavy atom. The second-order valence-electron chi connectivity index (χ2n) is 8.30. The maximum absolute atomic E-state index is 12.8. The van der Waals surface area contributed by atoms with E-state index in [0.29, 0.717) is 29.9 Å². The number of hydrogen-bond acceptors (Lipinski definition) is 7. The van der Waals surface area contributed by atoms with Crippen molar-refractivity contribution >= 4 is 27.4 Å². The van der Waals surface area contributed by atoms with Gasteiger partial charge in [-0.3, -0.25) is 4.79 Å². The smallest absolute Gasteiger partial charge is 0.277 e. The number of ketones is 1. The highest BCUT2D eigenvalue weighted by Gasteiger charge is 2.29. The largest absolute Gasteiger partial charge is 0.416 e. The average Bonchev–Trinajstić information content (AvgIpc) is 3.24. The minimum atomic E-state index is -2.92. The number of benzene rings is 1. The Balaban J connectivity index is 1.62. The lowest BCUT2D eigenvalue weighted by molar-refractivity contribution is 0.102. The van der Waals surface area contributed by atoms with E-state index >= 15 is 0 Å². The van der Waals surface area contributed by atoms with Crippen LogP contribution in [0.5, 0.6) is 0 Å². The van der Waals surface area contributed by atoms with Gasteiger partial charge in [-0.2, -0.15) is 0 Å². The summed E-state index contributed by atoms with van der Waals surface area (Å²) in [5.41, 5.74) is 3.04. The Kier molecular flexibility index (Phi) is 6.83. The molecule has 8 heteroatoms. The summed E-state index contributed by atoms with van der Waals surface area (Å²) < 4.78 is 28.8. The third-order valence-electron chi connectivity index (χ3n) is 5.23. The SMILES string of the molecule is CC(C)c1ccc(C(=O)CSc2nnc(C[C@@H]3CCS(=O)(=O)C3)o2)c(C(C)C)c1. The fourth-order valence-corrected chi connectivity index (χ4v) is 6.06. The van der Waals surface area contributed by atoms with Crippen LogP contribution in [0.1, 0.15) is 73.3 Å². The molecule has 1 saturated heterocycles. The maximum Gasteiger partial charge on any atom is 0.277 e. The summed E-state index contributed by atoms with van der Waals surface area (Å²) in [4.78, 5) is 12.8. The van der Waals surface area contributed by atoms with Crippen LogP contribution in [-0.2, 0) is 16.3 Å². The summed E-state index contributed by atoms with van der Waals surface area (Å²) in [7, 11) is -2.92. The molecule has 0 aliphatic carbocycles. The van der Waals surface area contributed by atoms with E-state index in [2.05, 4.69) is 44.0 Å². The standard InChI is InChI=1S/C21H28N2O4S2/c1-13(2)16-5-6-17(18(10-16)14(3)4)19(24)11-28-21-23-22-20(27-21)9-15-7-8-29(25,26)12-15/h5-6,10,13-15H,7-9,11-12H2,1-4H3/t15-/m0/s1. The third-order valence-corrected chi connectivity index (χ3v) is 7.89. The van der Waals surface area contributed by atoms with Crippen molar-refractivity contribution in [2.24, 2.45) is 5.92 Å². The zero-order valence-corrected chi connectivity index (χ0v) is 19.0. The van der Waals surface area contributed by atoms with Gasteiger partial charge in [0.25, 0.3) is 5.22 Å². The van der Waals surface area contributed by atoms with Gasteiger partial charge in [-0.05, 0) is 35.3 Å². The normalized spacial score (nSPS) is 18.6. The molecule has 3 rings (SSSR count). The lowest BCUT2D eigenvalue weighted by Gasteiger charge is -2.15. The molecule has 1 aromatic heterocycles. The quantitative estimate of drug-likeness (QED) is 0.451. The molecule has 0 spiro atoms. The summed E-state index contributed by atoms with van der Waals surface area (Å²) in [5, 5.41) is 8.36. The van der Waals surface area contributed by atoms with Gasteiger partial charge in [0.15, 0.2) is 15.6 Å². The Morgan fingerprint density at radius 3 is 2.59 bits per heavy atom. The van der Waals surface area contributed by atoms with E-state index in [1.165, 1.54) is 17.3 Å². The van der Waals surface area contributed by atoms with Gasteiger partial charge in [0.2, 0.25) is 5.89 Å². The van der Waals surface area contributed by atoms with E-state index in [9.17, 15) is 13.2 Å². The Bertz CT molecular complexity index is 980. The third kappa shape index (κ3) is 5.69. The van der Waals surface area contributed by atoms with E-state index in [1.54, 1.807) is 0 Å². The first kappa shape index (κ1) is 22.0. The number of thioether (sulfide) groups is 1. The molecule has 0 saturated carbocycles. The Hall–Kier alpha value is -1.67. The molecule has 1 atom stereocenters. The number of carbonyl (C=O) groups is 1. The maximum atomic E-state index is 12.8. The highest BCUT2D eigenvalue weighted by Crippen LogP contribution is 2.28. The van der Waals surface area contributed by atoms with Gasteiger partial charge in [0.1, 0.15) is 0 Å². The fraction of sp³-hybridized carbons (Fsp3) is 0.571. The van der Waals surface area contributed by atoms with Gasteiger partial charge in [0.05, 0.1) is 17.3 Å². The van der Waals surface area contributed by atoms with Crippen LogP contribution in [0.4, 0.5) is 0 Å². The number of nitrogens with zero attached hydrogens (tertiary/aromatic N) is 2. The molecule has 0 radical (unpaired) electrons. The molecule has 1 fully saturated rings. The van der Waals surface area contributed by atoms with Gasteiger partial charge in [-0.15, -0.1) is 10.2 Å². The number of carbonyl (C=O) groups excluding carboxylic acids is 1. The molecular formula is C21H28N2O4S2. The molecule has 1 aliphatic heterocycles. The number of aromatic nitrogens is 2. The first-order valence-electron chi connectivity index (χ1n) is 9.97. The van der Waals surface area contributed by atoms with Crippen molar-refractivity contribution < 1.29 is 17.6 Å². The van der Waals surface area contributed by atoms with Gasteiger partial charge >= 0.3 is 0 Å². The summed E-state index contributed by atoms with van der Waals surface area (Å²) >= 11 is 1.22. The molecule has 0 bridgehead atoms. The van der Waals surface area contributed by atoms with E-state index in [-0.39, 0.29) is 34.9 Å². The molecule has 29 heavy (non-hydrogen) atoms. The van der Waals surface area contributed by atoms with Crippen LogP contribution < -0.4 is 0 Å². The molecule has 1 aliphatic rings. The van der Waals surface area contributed by atoms with Gasteiger partial charge in [-0.1, -0.05) is 57.7 Å². The summed E-state index contributed by atoms with van der Waals surface area (Å²) in [5.74, 6) is 1.82. The second-order valence-corrected chi connectivity index (χ2v) is 11.5. The van der Waals surface area contributed by atoms with Crippen LogP contribution in [0.2, 0.25) is 0 Å². The molecular weight excluding hydrogens is 408 g/mol. The van der Waals surface area contributed by atoms with Gasteiger partial charge < -0.3 is 4.42 Å². The van der Waals surface area contributed by atoms with E-state index < -0.39 is 9.84 Å². The van der Waals surface area contributed by atoms with Crippen molar-refractivity contribution in [3.8, 4) is 0 Å². The van der Waals surface area contributed by atoms with Crippen LogP contribution in [0.15, 0.2) is 27.8 Å². The van der Waals surface area contributed by atoms with Crippen molar-refractivity contribution in [1.82, 2.24) is 10.2 Å². The van der Waals surface area contributed by atoms with Crippen molar-refractivity contribution in [1.29, 1.82) is 0 Å². The van der Waals surface area contributed by atoms with E-state index in [0.717, 1.165) is 11.1 Å². The molecule has 0 N–H and O–H groups in total. The molecule has 158 valence electrons. The summed E-state index contributed by atoms with van der Waals surface area (Å²) in [6.45, 7) is 8.48. The van der Waals surface area contributed by atoms with Crippen LogP contribution >= 0.6 is 11.8 Å². The Labute approximate surface area is 176 Å². The molecule has 2 aromatic rings. The van der Waals surface area contributed by atoms with Crippen molar-refractivity contribution in [3.63, 3.8) is 0 Å².